The van der Waals surface area contributed by atoms with E-state index in [-0.39, 0.29) is 0 Å². The van der Waals surface area contributed by atoms with Gasteiger partial charge in [-0.1, -0.05) is 0 Å². The third-order valence-electron chi connectivity index (χ3n) is 1.16. The summed E-state index contributed by atoms with van der Waals surface area (Å²) in [5.74, 6) is -6.74. The van der Waals surface area contributed by atoms with Crippen LogP contribution in [0.1, 0.15) is 6.42 Å². The second kappa shape index (κ2) is 1.87. The van der Waals surface area contributed by atoms with Crippen LogP contribution in [0.25, 0.3) is 0 Å². The fraction of sp³-hybridized carbons (Fsp3) is 1.00. The zero-order valence-corrected chi connectivity index (χ0v) is 4.72. The molecule has 0 aromatic carbocycles. The Kier molecular flexibility index (Phi) is 1.46. The molecule has 0 bridgehead atoms. The van der Waals surface area contributed by atoms with E-state index in [1.165, 1.54) is 0 Å². The summed E-state index contributed by atoms with van der Waals surface area (Å²) in [4.78, 5) is 0. The van der Waals surface area contributed by atoms with Gasteiger partial charge in [0.25, 0.3) is 5.85 Å². The van der Waals surface area contributed by atoms with Crippen LogP contribution in [-0.4, -0.2) is 29.1 Å². The molecule has 1 saturated carbocycles. The lowest BCUT2D eigenvalue weighted by atomic mass is 10.2. The van der Waals surface area contributed by atoms with Gasteiger partial charge in [-0.3, -0.25) is 0 Å². The summed E-state index contributed by atoms with van der Waals surface area (Å²) in [5.41, 5.74) is 0. The van der Waals surface area contributed by atoms with Crippen LogP contribution >= 0.6 is 0 Å². The minimum Gasteiger partial charge on any atom is -0.402 e. The average molecular weight is 156 g/mol. The Morgan fingerprint density at radius 1 is 1.30 bits per heavy atom. The van der Waals surface area contributed by atoms with Crippen LogP contribution in [-0.2, 0) is 4.65 Å². The molecule has 1 unspecified atom stereocenters. The fourth-order valence-electron chi connectivity index (χ4n) is 0.536. The first-order valence-corrected chi connectivity index (χ1v) is 2.48. The molecule has 0 heterocycles. The molecule has 1 aliphatic carbocycles. The number of hydrogen-bond acceptors (Lipinski definition) is 3. The second-order valence-electron chi connectivity index (χ2n) is 2.05. The highest BCUT2D eigenvalue weighted by Gasteiger charge is 2.76. The van der Waals surface area contributed by atoms with Crippen molar-refractivity contribution < 1.29 is 27.9 Å². The van der Waals surface area contributed by atoms with Gasteiger partial charge in [0.05, 0.1) is 6.42 Å². The first-order valence-electron chi connectivity index (χ1n) is 2.48. The lowest BCUT2D eigenvalue weighted by molar-refractivity contribution is -0.0893. The van der Waals surface area contributed by atoms with E-state index >= 15 is 0 Å². The smallest absolute Gasteiger partial charge is 0.402 e. The van der Waals surface area contributed by atoms with Crippen LogP contribution in [0.15, 0.2) is 0 Å². The zero-order valence-electron chi connectivity index (χ0n) is 4.72. The highest BCUT2D eigenvalue weighted by Crippen LogP contribution is 2.56. The van der Waals surface area contributed by atoms with Gasteiger partial charge >= 0.3 is 13.2 Å². The Hall–Kier alpha value is -0.265. The molecule has 0 radical (unpaired) electrons. The van der Waals surface area contributed by atoms with Crippen LogP contribution < -0.4 is 0 Å². The minimum absolute atomic E-state index is 1.11. The van der Waals surface area contributed by atoms with Crippen molar-refractivity contribution in [3.63, 3.8) is 0 Å². The maximum Gasteiger partial charge on any atom is 0.636 e. The third-order valence-corrected chi connectivity index (χ3v) is 1.16. The number of alkyl halides is 3. The van der Waals surface area contributed by atoms with Crippen LogP contribution in [0.5, 0.6) is 0 Å². The standard InChI is InChI=1S/C3H4BF3O3/c5-2(6)1-3(2,7)10-4(8)9/h8-9H,1H2. The number of halogens is 3. The van der Waals surface area contributed by atoms with E-state index in [0.717, 1.165) is 0 Å². The van der Waals surface area contributed by atoms with E-state index < -0.39 is 25.5 Å². The number of hydrogen-bond donors (Lipinski definition) is 2. The summed E-state index contributed by atoms with van der Waals surface area (Å²) in [6, 6.07) is 0. The van der Waals surface area contributed by atoms with Gasteiger partial charge in [-0.15, -0.1) is 0 Å². The molecule has 1 aliphatic rings. The van der Waals surface area contributed by atoms with E-state index in [1.807, 2.05) is 0 Å². The monoisotopic (exact) mass is 156 g/mol. The fourth-order valence-corrected chi connectivity index (χ4v) is 0.536. The van der Waals surface area contributed by atoms with Gasteiger partial charge < -0.3 is 14.7 Å². The van der Waals surface area contributed by atoms with Crippen LogP contribution in [0.4, 0.5) is 13.2 Å². The van der Waals surface area contributed by atoms with Crippen molar-refractivity contribution >= 4 is 7.32 Å². The topological polar surface area (TPSA) is 49.7 Å². The van der Waals surface area contributed by atoms with Crippen LogP contribution in [0.3, 0.4) is 0 Å². The Morgan fingerprint density at radius 2 is 1.70 bits per heavy atom. The zero-order chi connectivity index (χ0) is 7.99. The Balaban J connectivity index is 2.44. The maximum absolute atomic E-state index is 12.2. The molecule has 1 rings (SSSR count). The second-order valence-corrected chi connectivity index (χ2v) is 2.05. The van der Waals surface area contributed by atoms with Crippen molar-refractivity contribution in [2.45, 2.75) is 18.2 Å². The van der Waals surface area contributed by atoms with Crippen molar-refractivity contribution in [2.75, 3.05) is 0 Å². The van der Waals surface area contributed by atoms with E-state index in [2.05, 4.69) is 4.65 Å². The van der Waals surface area contributed by atoms with Gasteiger partial charge in [-0.2, -0.15) is 0 Å². The molecular weight excluding hydrogens is 152 g/mol. The number of rotatable bonds is 2. The van der Waals surface area contributed by atoms with E-state index in [0.29, 0.717) is 0 Å². The molecule has 58 valence electrons. The van der Waals surface area contributed by atoms with Crippen LogP contribution in [0, 0.1) is 0 Å². The quantitative estimate of drug-likeness (QED) is 0.538. The normalized spacial score (nSPS) is 35.7. The molecule has 1 atom stereocenters. The van der Waals surface area contributed by atoms with Crippen molar-refractivity contribution in [2.24, 2.45) is 0 Å². The minimum atomic E-state index is -3.57. The molecule has 0 saturated heterocycles. The predicted molar refractivity (Wildman–Crippen MR) is 24.7 cm³/mol. The predicted octanol–water partition coefficient (Wildman–Crippen LogP) is -0.323. The summed E-state index contributed by atoms with van der Waals surface area (Å²) in [6.45, 7) is 0. The van der Waals surface area contributed by atoms with Crippen LogP contribution in [0.2, 0.25) is 0 Å². The summed E-state index contributed by atoms with van der Waals surface area (Å²) >= 11 is 0. The molecule has 2 N–H and O–H groups in total. The molecule has 10 heavy (non-hydrogen) atoms. The first kappa shape index (κ1) is 7.84. The summed E-state index contributed by atoms with van der Waals surface area (Å²) in [6.07, 6.45) is -1.11. The molecule has 3 nitrogen and oxygen atoms in total. The van der Waals surface area contributed by atoms with E-state index in [9.17, 15) is 13.2 Å². The molecule has 7 heteroatoms. The SMILES string of the molecule is OB(O)OC1(F)CC1(F)F. The molecule has 1 fully saturated rings. The van der Waals surface area contributed by atoms with Gasteiger partial charge in [0.1, 0.15) is 0 Å². The lowest BCUT2D eigenvalue weighted by Crippen LogP contribution is -2.28. The molecule has 0 aromatic rings. The maximum atomic E-state index is 12.2. The Morgan fingerprint density at radius 3 is 1.80 bits per heavy atom. The van der Waals surface area contributed by atoms with E-state index in [4.69, 9.17) is 10.0 Å². The summed E-state index contributed by atoms with van der Waals surface area (Å²) in [5, 5.41) is 15.8. The van der Waals surface area contributed by atoms with Crippen molar-refractivity contribution in [3.05, 3.63) is 0 Å². The van der Waals surface area contributed by atoms with Gasteiger partial charge in [0.2, 0.25) is 0 Å². The summed E-state index contributed by atoms with van der Waals surface area (Å²) in [7, 11) is -2.49. The molecule has 0 aromatic heterocycles. The highest BCUT2D eigenvalue weighted by atomic mass is 19.3. The molecule has 0 amide bonds. The van der Waals surface area contributed by atoms with Gasteiger partial charge in [0.15, 0.2) is 0 Å². The van der Waals surface area contributed by atoms with Crippen molar-refractivity contribution in [1.29, 1.82) is 0 Å². The Labute approximate surface area is 54.6 Å². The lowest BCUT2D eigenvalue weighted by Gasteiger charge is -2.05. The highest BCUT2D eigenvalue weighted by molar-refractivity contribution is 6.32. The largest absolute Gasteiger partial charge is 0.636 e. The molecule has 0 aliphatic heterocycles. The van der Waals surface area contributed by atoms with Gasteiger partial charge in [-0.25, -0.2) is 13.2 Å². The average Bonchev–Trinajstić information content (AvgIpc) is 2.01. The molecular formula is C3H4BF3O3. The van der Waals surface area contributed by atoms with Crippen molar-refractivity contribution in [3.8, 4) is 0 Å². The van der Waals surface area contributed by atoms with E-state index in [1.54, 1.807) is 0 Å². The molecule has 0 spiro atoms. The van der Waals surface area contributed by atoms with Gasteiger partial charge in [0, 0.05) is 0 Å². The summed E-state index contributed by atoms with van der Waals surface area (Å²) < 4.78 is 39.3. The van der Waals surface area contributed by atoms with Crippen molar-refractivity contribution in [1.82, 2.24) is 0 Å². The van der Waals surface area contributed by atoms with Gasteiger partial charge in [-0.05, 0) is 0 Å². The first-order chi connectivity index (χ1) is 4.37. The third kappa shape index (κ3) is 1.12. The Bertz CT molecular complexity index is 152.